The number of nitrogens with zero attached hydrogens (tertiary/aromatic N) is 1. The van der Waals surface area contributed by atoms with Crippen LogP contribution in [0.3, 0.4) is 0 Å². The number of hydrogen-bond donors (Lipinski definition) is 3. The minimum absolute atomic E-state index is 0.0122. The second-order valence-electron chi connectivity index (χ2n) is 4.95. The molecule has 2 heterocycles. The van der Waals surface area contributed by atoms with Gasteiger partial charge in [0, 0.05) is 24.4 Å². The summed E-state index contributed by atoms with van der Waals surface area (Å²) in [6, 6.07) is 1.86. The number of fused-ring (bicyclic) bond motifs is 1. The van der Waals surface area contributed by atoms with Gasteiger partial charge in [-0.25, -0.2) is 13.8 Å². The number of amides is 1. The van der Waals surface area contributed by atoms with Crippen molar-refractivity contribution in [2.75, 3.05) is 11.9 Å². The molecule has 0 aliphatic rings. The number of pyridine rings is 1. The lowest BCUT2D eigenvalue weighted by molar-refractivity contribution is -0.116. The van der Waals surface area contributed by atoms with Gasteiger partial charge in [0.15, 0.2) is 0 Å². The number of alkyl halides is 2. The summed E-state index contributed by atoms with van der Waals surface area (Å²) in [4.78, 5) is 18.9. The van der Waals surface area contributed by atoms with E-state index in [1.807, 2.05) is 13.0 Å². The second kappa shape index (κ2) is 6.17. The summed E-state index contributed by atoms with van der Waals surface area (Å²) < 4.78 is 25.7. The van der Waals surface area contributed by atoms with E-state index >= 15 is 0 Å². The average Bonchev–Trinajstić information content (AvgIpc) is 2.91. The van der Waals surface area contributed by atoms with Gasteiger partial charge in [0.2, 0.25) is 5.91 Å². The number of aliphatic hydroxyl groups excluding tert-OH is 1. The number of carbonyl (C=O) groups is 1. The van der Waals surface area contributed by atoms with Crippen LogP contribution < -0.4 is 5.32 Å². The number of aryl methyl sites for hydroxylation is 1. The Hall–Kier alpha value is -2.02. The molecule has 2 aromatic rings. The van der Waals surface area contributed by atoms with Crippen LogP contribution in [0.5, 0.6) is 0 Å². The van der Waals surface area contributed by atoms with Crippen LogP contribution in [0.4, 0.5) is 14.5 Å². The molecule has 21 heavy (non-hydrogen) atoms. The number of aromatic amines is 1. The monoisotopic (exact) mass is 297 g/mol. The van der Waals surface area contributed by atoms with Crippen LogP contribution in [0.25, 0.3) is 11.0 Å². The van der Waals surface area contributed by atoms with Crippen LogP contribution in [0.2, 0.25) is 0 Å². The number of nitrogens with one attached hydrogen (secondary N) is 2. The van der Waals surface area contributed by atoms with Crippen molar-refractivity contribution in [2.45, 2.75) is 32.1 Å². The molecule has 0 radical (unpaired) electrons. The van der Waals surface area contributed by atoms with Gasteiger partial charge < -0.3 is 15.4 Å². The molecule has 114 valence electrons. The predicted molar refractivity (Wildman–Crippen MR) is 75.3 cm³/mol. The maximum Gasteiger partial charge on any atom is 0.270 e. The highest BCUT2D eigenvalue weighted by Crippen LogP contribution is 2.23. The van der Waals surface area contributed by atoms with Crippen LogP contribution in [-0.2, 0) is 4.79 Å². The Morgan fingerprint density at radius 3 is 3.00 bits per heavy atom. The maximum absolute atomic E-state index is 12.8. The lowest BCUT2D eigenvalue weighted by Gasteiger charge is -2.13. The van der Waals surface area contributed by atoms with E-state index < -0.39 is 19.0 Å². The van der Waals surface area contributed by atoms with Crippen molar-refractivity contribution < 1.29 is 18.7 Å². The largest absolute Gasteiger partial charge is 0.390 e. The number of aliphatic hydroxyl groups is 1. The summed E-state index contributed by atoms with van der Waals surface area (Å²) in [5.41, 5.74) is 2.17. The van der Waals surface area contributed by atoms with Crippen LogP contribution in [0, 0.1) is 6.92 Å². The van der Waals surface area contributed by atoms with Gasteiger partial charge in [0.1, 0.15) is 12.3 Å². The fourth-order valence-corrected chi connectivity index (χ4v) is 2.07. The molecule has 0 bridgehead atoms. The molecule has 0 saturated heterocycles. The lowest BCUT2D eigenvalue weighted by Crippen LogP contribution is -2.22. The number of rotatable bonds is 6. The van der Waals surface area contributed by atoms with E-state index in [2.05, 4.69) is 15.3 Å². The second-order valence-corrected chi connectivity index (χ2v) is 4.95. The standard InChI is InChI=1S/C14H17F2N3O2/c1-9-10-4-6-17-13(10)18-7-11(9)19-12(21)3-2-5-14(15,16)8-20/h4,6-7,20H,2-3,5,8H2,1H3,(H,17,18)(H,19,21). The molecule has 0 aromatic carbocycles. The van der Waals surface area contributed by atoms with Crippen molar-refractivity contribution in [3.05, 3.63) is 24.0 Å². The fraction of sp³-hybridized carbons (Fsp3) is 0.429. The molecule has 0 saturated carbocycles. The van der Waals surface area contributed by atoms with E-state index in [4.69, 9.17) is 5.11 Å². The molecule has 2 aromatic heterocycles. The summed E-state index contributed by atoms with van der Waals surface area (Å²) in [7, 11) is 0. The first kappa shape index (κ1) is 15.4. The van der Waals surface area contributed by atoms with E-state index in [0.29, 0.717) is 5.69 Å². The highest BCUT2D eigenvalue weighted by atomic mass is 19.3. The Kier molecular flexibility index (Phi) is 4.52. The summed E-state index contributed by atoms with van der Waals surface area (Å²) in [5.74, 6) is -3.47. The number of anilines is 1. The smallest absolute Gasteiger partial charge is 0.270 e. The molecule has 0 atom stereocenters. The Morgan fingerprint density at radius 1 is 1.52 bits per heavy atom. The van der Waals surface area contributed by atoms with Gasteiger partial charge >= 0.3 is 0 Å². The van der Waals surface area contributed by atoms with E-state index in [-0.39, 0.29) is 18.7 Å². The van der Waals surface area contributed by atoms with Crippen LogP contribution in [-0.4, -0.2) is 33.5 Å². The molecule has 0 aliphatic heterocycles. The van der Waals surface area contributed by atoms with Gasteiger partial charge in [0.05, 0.1) is 11.9 Å². The third-order valence-electron chi connectivity index (χ3n) is 3.31. The van der Waals surface area contributed by atoms with Crippen LogP contribution in [0.15, 0.2) is 18.5 Å². The predicted octanol–water partition coefficient (Wildman–Crippen LogP) is 2.61. The molecule has 7 heteroatoms. The van der Waals surface area contributed by atoms with E-state index in [0.717, 1.165) is 16.6 Å². The normalized spacial score (nSPS) is 11.8. The molecular weight excluding hydrogens is 280 g/mol. The van der Waals surface area contributed by atoms with Crippen LogP contribution in [0.1, 0.15) is 24.8 Å². The molecular formula is C14H17F2N3O2. The summed E-state index contributed by atoms with van der Waals surface area (Å²) in [6.45, 7) is 0.662. The Balaban J connectivity index is 1.94. The quantitative estimate of drug-likeness (QED) is 0.767. The first-order valence-electron chi connectivity index (χ1n) is 6.64. The van der Waals surface area contributed by atoms with Gasteiger partial charge in [0.25, 0.3) is 5.92 Å². The van der Waals surface area contributed by atoms with Crippen molar-refractivity contribution >= 4 is 22.6 Å². The Labute approximate surface area is 120 Å². The van der Waals surface area contributed by atoms with E-state index in [1.165, 1.54) is 6.20 Å². The van der Waals surface area contributed by atoms with Crippen molar-refractivity contribution in [2.24, 2.45) is 0 Å². The Bertz CT molecular complexity index is 640. The third-order valence-corrected chi connectivity index (χ3v) is 3.31. The minimum atomic E-state index is -3.12. The molecule has 0 aliphatic carbocycles. The Morgan fingerprint density at radius 2 is 2.29 bits per heavy atom. The average molecular weight is 297 g/mol. The highest BCUT2D eigenvalue weighted by molar-refractivity contribution is 5.94. The van der Waals surface area contributed by atoms with Gasteiger partial charge in [-0.05, 0) is 25.0 Å². The highest BCUT2D eigenvalue weighted by Gasteiger charge is 2.27. The summed E-state index contributed by atoms with van der Waals surface area (Å²) >= 11 is 0. The zero-order chi connectivity index (χ0) is 15.5. The number of hydrogen-bond acceptors (Lipinski definition) is 3. The van der Waals surface area contributed by atoms with Crippen LogP contribution >= 0.6 is 0 Å². The molecule has 0 unspecified atom stereocenters. The maximum atomic E-state index is 12.8. The topological polar surface area (TPSA) is 78.0 Å². The molecule has 0 spiro atoms. The summed E-state index contributed by atoms with van der Waals surface area (Å²) in [5, 5.41) is 12.0. The zero-order valence-corrected chi connectivity index (χ0v) is 11.6. The molecule has 2 rings (SSSR count). The first-order chi connectivity index (χ1) is 9.93. The minimum Gasteiger partial charge on any atom is -0.390 e. The summed E-state index contributed by atoms with van der Waals surface area (Å²) in [6.07, 6.45) is 2.77. The molecule has 5 nitrogen and oxygen atoms in total. The van der Waals surface area contributed by atoms with Crippen molar-refractivity contribution in [1.29, 1.82) is 0 Å². The number of carbonyl (C=O) groups excluding carboxylic acids is 1. The van der Waals surface area contributed by atoms with E-state index in [9.17, 15) is 13.6 Å². The van der Waals surface area contributed by atoms with E-state index in [1.54, 1.807) is 6.20 Å². The zero-order valence-electron chi connectivity index (χ0n) is 11.6. The fourth-order valence-electron chi connectivity index (χ4n) is 2.07. The third kappa shape index (κ3) is 3.75. The van der Waals surface area contributed by atoms with Gasteiger partial charge in [-0.1, -0.05) is 0 Å². The first-order valence-corrected chi connectivity index (χ1v) is 6.64. The van der Waals surface area contributed by atoms with Crippen molar-refractivity contribution in [1.82, 2.24) is 9.97 Å². The SMILES string of the molecule is Cc1c(NC(=O)CCCC(F)(F)CO)cnc2[nH]ccc12. The van der Waals surface area contributed by atoms with Gasteiger partial charge in [-0.15, -0.1) is 0 Å². The van der Waals surface area contributed by atoms with Gasteiger partial charge in [-0.2, -0.15) is 0 Å². The molecule has 3 N–H and O–H groups in total. The van der Waals surface area contributed by atoms with Gasteiger partial charge in [-0.3, -0.25) is 4.79 Å². The number of halogens is 2. The number of aromatic nitrogens is 2. The number of H-pyrrole nitrogens is 1. The lowest BCUT2D eigenvalue weighted by atomic mass is 10.1. The van der Waals surface area contributed by atoms with Crippen molar-refractivity contribution in [3.8, 4) is 0 Å². The van der Waals surface area contributed by atoms with Crippen molar-refractivity contribution in [3.63, 3.8) is 0 Å². The molecule has 1 amide bonds. The molecule has 0 fully saturated rings.